The standard InChI is InChI=1S/C17H15BrO5/c1-22-15-6-4-11(9-16(15)23-2)12(17(20)21)7-10-3-5-14(19)13(18)8-10/h3-9,19H,1-2H3,(H,20,21)/b12-7-. The molecule has 0 saturated heterocycles. The van der Waals surface area contributed by atoms with Crippen LogP contribution in [0.5, 0.6) is 17.2 Å². The fourth-order valence-electron chi connectivity index (χ4n) is 2.05. The first-order chi connectivity index (χ1) is 11.0. The Morgan fingerprint density at radius 1 is 1.09 bits per heavy atom. The van der Waals surface area contributed by atoms with Crippen molar-refractivity contribution in [2.24, 2.45) is 0 Å². The van der Waals surface area contributed by atoms with Crippen LogP contribution in [0.25, 0.3) is 11.6 Å². The Morgan fingerprint density at radius 3 is 2.35 bits per heavy atom. The Hall–Kier alpha value is -2.47. The molecule has 2 N–H and O–H groups in total. The van der Waals surface area contributed by atoms with E-state index in [0.29, 0.717) is 27.1 Å². The highest BCUT2D eigenvalue weighted by atomic mass is 79.9. The fourth-order valence-corrected chi connectivity index (χ4v) is 2.45. The lowest BCUT2D eigenvalue weighted by molar-refractivity contribution is -0.130. The highest BCUT2D eigenvalue weighted by molar-refractivity contribution is 9.10. The van der Waals surface area contributed by atoms with Gasteiger partial charge in [0.15, 0.2) is 11.5 Å². The number of aliphatic carboxylic acids is 1. The largest absolute Gasteiger partial charge is 0.507 e. The molecule has 0 aliphatic heterocycles. The number of carboxylic acids is 1. The third-order valence-electron chi connectivity index (χ3n) is 3.21. The second kappa shape index (κ2) is 7.19. The van der Waals surface area contributed by atoms with E-state index in [4.69, 9.17) is 9.47 Å². The van der Waals surface area contributed by atoms with Gasteiger partial charge in [0.05, 0.1) is 24.3 Å². The summed E-state index contributed by atoms with van der Waals surface area (Å²) in [5, 5.41) is 19.0. The molecule has 2 rings (SSSR count). The first kappa shape index (κ1) is 16.9. The van der Waals surface area contributed by atoms with Gasteiger partial charge in [0.25, 0.3) is 0 Å². The van der Waals surface area contributed by atoms with Crippen molar-refractivity contribution in [2.75, 3.05) is 14.2 Å². The Morgan fingerprint density at radius 2 is 1.78 bits per heavy atom. The molecule has 2 aromatic carbocycles. The molecule has 5 nitrogen and oxygen atoms in total. The average molecular weight is 379 g/mol. The molecule has 2 aromatic rings. The maximum Gasteiger partial charge on any atom is 0.336 e. The number of benzene rings is 2. The van der Waals surface area contributed by atoms with Gasteiger partial charge < -0.3 is 19.7 Å². The molecule has 0 aliphatic rings. The number of phenolic OH excluding ortho intramolecular Hbond substituents is 1. The van der Waals surface area contributed by atoms with Gasteiger partial charge in [0.1, 0.15) is 5.75 Å². The lowest BCUT2D eigenvalue weighted by atomic mass is 10.0. The molecule has 0 heterocycles. The normalized spacial score (nSPS) is 11.2. The molecule has 0 unspecified atom stereocenters. The van der Waals surface area contributed by atoms with Crippen molar-refractivity contribution < 1.29 is 24.5 Å². The molecule has 120 valence electrons. The summed E-state index contributed by atoms with van der Waals surface area (Å²) in [6, 6.07) is 9.66. The first-order valence-electron chi connectivity index (χ1n) is 6.62. The summed E-state index contributed by atoms with van der Waals surface area (Å²) in [6.07, 6.45) is 1.52. The van der Waals surface area contributed by atoms with E-state index in [0.717, 1.165) is 0 Å². The van der Waals surface area contributed by atoms with E-state index in [-0.39, 0.29) is 11.3 Å². The molecule has 6 heteroatoms. The van der Waals surface area contributed by atoms with Crippen LogP contribution < -0.4 is 9.47 Å². The van der Waals surface area contributed by atoms with Gasteiger partial charge in [-0.3, -0.25) is 0 Å². The average Bonchev–Trinajstić information content (AvgIpc) is 2.54. The minimum atomic E-state index is -1.07. The smallest absolute Gasteiger partial charge is 0.336 e. The SMILES string of the molecule is COc1ccc(/C(=C/c2ccc(O)c(Br)c2)C(=O)O)cc1OC. The molecule has 0 spiro atoms. The molecule has 0 radical (unpaired) electrons. The number of halogens is 1. The first-order valence-corrected chi connectivity index (χ1v) is 7.41. The van der Waals surface area contributed by atoms with Gasteiger partial charge in [-0.25, -0.2) is 4.79 Å². The molecule has 0 fully saturated rings. The summed E-state index contributed by atoms with van der Waals surface area (Å²) in [6.45, 7) is 0. The Bertz CT molecular complexity index is 768. The molecule has 0 bridgehead atoms. The minimum absolute atomic E-state index is 0.0881. The predicted molar refractivity (Wildman–Crippen MR) is 90.9 cm³/mol. The number of methoxy groups -OCH3 is 2. The molecule has 0 atom stereocenters. The zero-order chi connectivity index (χ0) is 17.0. The van der Waals surface area contributed by atoms with Crippen LogP contribution in [0.2, 0.25) is 0 Å². The van der Waals surface area contributed by atoms with Crippen LogP contribution in [-0.2, 0) is 4.79 Å². The Kier molecular flexibility index (Phi) is 5.28. The Balaban J connectivity index is 2.52. The Labute approximate surface area is 141 Å². The maximum atomic E-state index is 11.6. The molecule has 0 amide bonds. The van der Waals surface area contributed by atoms with Gasteiger partial charge in [0, 0.05) is 0 Å². The summed E-state index contributed by atoms with van der Waals surface area (Å²) in [4.78, 5) is 11.6. The topological polar surface area (TPSA) is 76.0 Å². The van der Waals surface area contributed by atoms with Crippen molar-refractivity contribution in [2.45, 2.75) is 0 Å². The summed E-state index contributed by atoms with van der Waals surface area (Å²) >= 11 is 3.21. The number of ether oxygens (including phenoxy) is 2. The van der Waals surface area contributed by atoms with Crippen molar-refractivity contribution in [1.29, 1.82) is 0 Å². The summed E-state index contributed by atoms with van der Waals surface area (Å²) in [5.41, 5.74) is 1.23. The van der Waals surface area contributed by atoms with E-state index < -0.39 is 5.97 Å². The number of rotatable bonds is 5. The second-order valence-corrected chi connectivity index (χ2v) is 5.50. The fraction of sp³-hybridized carbons (Fsp3) is 0.118. The predicted octanol–water partition coefficient (Wildman–Crippen LogP) is 3.80. The number of phenols is 1. The van der Waals surface area contributed by atoms with Crippen molar-refractivity contribution >= 4 is 33.5 Å². The van der Waals surface area contributed by atoms with Crippen LogP contribution in [0.1, 0.15) is 11.1 Å². The van der Waals surface area contributed by atoms with Crippen LogP contribution in [0, 0.1) is 0 Å². The van der Waals surface area contributed by atoms with Gasteiger partial charge >= 0.3 is 5.97 Å². The van der Waals surface area contributed by atoms with Gasteiger partial charge in [-0.2, -0.15) is 0 Å². The van der Waals surface area contributed by atoms with Gasteiger partial charge in [0.2, 0.25) is 0 Å². The summed E-state index contributed by atoms with van der Waals surface area (Å²) in [5.74, 6) is -0.0102. The number of hydrogen-bond donors (Lipinski definition) is 2. The molecule has 0 aliphatic carbocycles. The van der Waals surface area contributed by atoms with Crippen LogP contribution in [-0.4, -0.2) is 30.4 Å². The highest BCUT2D eigenvalue weighted by Gasteiger charge is 2.14. The lowest BCUT2D eigenvalue weighted by Crippen LogP contribution is -2.01. The lowest BCUT2D eigenvalue weighted by Gasteiger charge is -2.10. The zero-order valence-electron chi connectivity index (χ0n) is 12.5. The zero-order valence-corrected chi connectivity index (χ0v) is 14.1. The van der Waals surface area contributed by atoms with E-state index in [1.807, 2.05) is 0 Å². The quantitative estimate of drug-likeness (QED) is 0.611. The van der Waals surface area contributed by atoms with Gasteiger partial charge in [-0.05, 0) is 57.4 Å². The van der Waals surface area contributed by atoms with Crippen LogP contribution in [0.4, 0.5) is 0 Å². The molecular formula is C17H15BrO5. The third kappa shape index (κ3) is 3.84. The number of hydrogen-bond acceptors (Lipinski definition) is 4. The summed E-state index contributed by atoms with van der Waals surface area (Å²) in [7, 11) is 3.00. The van der Waals surface area contributed by atoms with Crippen molar-refractivity contribution in [1.82, 2.24) is 0 Å². The molecule has 0 aromatic heterocycles. The van der Waals surface area contributed by atoms with E-state index in [1.165, 1.54) is 26.4 Å². The van der Waals surface area contributed by atoms with Crippen molar-refractivity contribution in [3.8, 4) is 17.2 Å². The van der Waals surface area contributed by atoms with Crippen LogP contribution in [0.15, 0.2) is 40.9 Å². The second-order valence-electron chi connectivity index (χ2n) is 4.64. The van der Waals surface area contributed by atoms with Gasteiger partial charge in [-0.1, -0.05) is 12.1 Å². The van der Waals surface area contributed by atoms with E-state index in [2.05, 4.69) is 15.9 Å². The molecule has 0 saturated carbocycles. The van der Waals surface area contributed by atoms with Crippen LogP contribution >= 0.6 is 15.9 Å². The van der Waals surface area contributed by atoms with E-state index in [9.17, 15) is 15.0 Å². The third-order valence-corrected chi connectivity index (χ3v) is 3.84. The van der Waals surface area contributed by atoms with E-state index in [1.54, 1.807) is 30.3 Å². The molecular weight excluding hydrogens is 364 g/mol. The van der Waals surface area contributed by atoms with Crippen molar-refractivity contribution in [3.63, 3.8) is 0 Å². The maximum absolute atomic E-state index is 11.6. The highest BCUT2D eigenvalue weighted by Crippen LogP contribution is 2.32. The molecule has 23 heavy (non-hydrogen) atoms. The number of carboxylic acid groups (broad SMARTS) is 1. The van der Waals surface area contributed by atoms with Crippen molar-refractivity contribution in [3.05, 3.63) is 52.0 Å². The monoisotopic (exact) mass is 378 g/mol. The minimum Gasteiger partial charge on any atom is -0.507 e. The van der Waals surface area contributed by atoms with Gasteiger partial charge in [-0.15, -0.1) is 0 Å². The number of aromatic hydroxyl groups is 1. The van der Waals surface area contributed by atoms with Crippen LogP contribution in [0.3, 0.4) is 0 Å². The summed E-state index contributed by atoms with van der Waals surface area (Å²) < 4.78 is 10.8. The van der Waals surface area contributed by atoms with E-state index >= 15 is 0 Å². The number of carbonyl (C=O) groups is 1.